The Hall–Kier alpha value is -3.26. The van der Waals surface area contributed by atoms with Gasteiger partial charge in [-0.1, -0.05) is 6.07 Å². The average Bonchev–Trinajstić information content (AvgIpc) is 2.85. The molecule has 0 spiro atoms. The Kier molecular flexibility index (Phi) is 5.46. The van der Waals surface area contributed by atoms with E-state index in [0.29, 0.717) is 30.3 Å². The van der Waals surface area contributed by atoms with E-state index in [1.54, 1.807) is 60.0 Å². The van der Waals surface area contributed by atoms with Gasteiger partial charge in [-0.3, -0.25) is 10.0 Å². The molecule has 2 aromatic rings. The summed E-state index contributed by atoms with van der Waals surface area (Å²) in [6.45, 7) is 2.57. The Labute approximate surface area is 156 Å². The molecular formula is C19H21N3O5. The monoisotopic (exact) mass is 371 g/mol. The lowest BCUT2D eigenvalue weighted by atomic mass is 10.1. The number of rotatable bonds is 3. The average molecular weight is 371 g/mol. The zero-order valence-corrected chi connectivity index (χ0v) is 15.1. The van der Waals surface area contributed by atoms with Crippen LogP contribution in [-0.2, 0) is 6.54 Å². The molecule has 0 saturated heterocycles. The van der Waals surface area contributed by atoms with E-state index in [2.05, 4.69) is 5.32 Å². The number of benzene rings is 2. The molecule has 0 saturated carbocycles. The number of hydrogen-bond donors (Lipinski definition) is 3. The second-order valence-corrected chi connectivity index (χ2v) is 6.23. The third kappa shape index (κ3) is 4.29. The second-order valence-electron chi connectivity index (χ2n) is 6.23. The highest BCUT2D eigenvalue weighted by molar-refractivity contribution is 5.94. The van der Waals surface area contributed by atoms with Crippen molar-refractivity contribution < 1.29 is 24.3 Å². The van der Waals surface area contributed by atoms with Crippen LogP contribution in [-0.4, -0.2) is 41.8 Å². The number of fused-ring (bicyclic) bond motifs is 1. The van der Waals surface area contributed by atoms with E-state index in [9.17, 15) is 9.59 Å². The molecule has 8 heteroatoms. The van der Waals surface area contributed by atoms with Gasteiger partial charge in [-0.15, -0.1) is 0 Å². The molecule has 2 aromatic carbocycles. The molecule has 3 N–H and O–H groups in total. The summed E-state index contributed by atoms with van der Waals surface area (Å²) in [5.41, 5.74) is 3.31. The standard InChI is InChI=1S/C19H21N3O5/c1-12-10-22(19(24)20-15-5-7-16(26-2)8-6-15)11-14-4-3-13(18(23)21-25)9-17(14)27-12/h3-9,12,25H,10-11H2,1-2H3,(H,20,24)(H,21,23)/t12-/m1/s1. The van der Waals surface area contributed by atoms with Gasteiger partial charge in [0.05, 0.1) is 20.2 Å². The van der Waals surface area contributed by atoms with Crippen LogP contribution in [0.1, 0.15) is 22.8 Å². The molecule has 0 aliphatic carbocycles. The van der Waals surface area contributed by atoms with E-state index in [0.717, 1.165) is 5.56 Å². The highest BCUT2D eigenvalue weighted by Gasteiger charge is 2.24. The third-order valence-corrected chi connectivity index (χ3v) is 4.23. The lowest BCUT2D eigenvalue weighted by Crippen LogP contribution is -2.38. The van der Waals surface area contributed by atoms with Crippen molar-refractivity contribution in [1.82, 2.24) is 10.4 Å². The van der Waals surface area contributed by atoms with Gasteiger partial charge in [0.1, 0.15) is 17.6 Å². The molecule has 0 bridgehead atoms. The molecule has 8 nitrogen and oxygen atoms in total. The van der Waals surface area contributed by atoms with Crippen LogP contribution in [0.25, 0.3) is 0 Å². The van der Waals surface area contributed by atoms with Crippen LogP contribution in [0.15, 0.2) is 42.5 Å². The molecule has 1 aliphatic rings. The lowest BCUT2D eigenvalue weighted by molar-refractivity contribution is 0.0705. The first-order chi connectivity index (χ1) is 13.0. The summed E-state index contributed by atoms with van der Waals surface area (Å²) in [6, 6.07) is 11.7. The largest absolute Gasteiger partial charge is 0.497 e. The minimum Gasteiger partial charge on any atom is -0.497 e. The third-order valence-electron chi connectivity index (χ3n) is 4.23. The first kappa shape index (κ1) is 18.5. The van der Waals surface area contributed by atoms with Gasteiger partial charge in [-0.2, -0.15) is 0 Å². The normalized spacial score (nSPS) is 15.8. The van der Waals surface area contributed by atoms with Gasteiger partial charge in [-0.25, -0.2) is 10.3 Å². The van der Waals surface area contributed by atoms with Crippen LogP contribution in [0, 0.1) is 0 Å². The summed E-state index contributed by atoms with van der Waals surface area (Å²) in [4.78, 5) is 25.9. The fraction of sp³-hybridized carbons (Fsp3) is 0.263. The van der Waals surface area contributed by atoms with Crippen molar-refractivity contribution in [2.45, 2.75) is 19.6 Å². The molecule has 27 heavy (non-hydrogen) atoms. The molecular weight excluding hydrogens is 350 g/mol. The Bertz CT molecular complexity index is 838. The summed E-state index contributed by atoms with van der Waals surface area (Å²) in [5.74, 6) is 0.609. The zero-order valence-electron chi connectivity index (χ0n) is 15.1. The smallest absolute Gasteiger partial charge is 0.322 e. The number of urea groups is 1. The van der Waals surface area contributed by atoms with Gasteiger partial charge >= 0.3 is 6.03 Å². The topological polar surface area (TPSA) is 100 Å². The number of hydrogen-bond acceptors (Lipinski definition) is 5. The number of amides is 3. The first-order valence-corrected chi connectivity index (χ1v) is 8.44. The molecule has 1 aliphatic heterocycles. The Balaban J connectivity index is 1.76. The number of carbonyl (C=O) groups is 2. The number of nitrogens with zero attached hydrogens (tertiary/aromatic N) is 1. The molecule has 3 amide bonds. The molecule has 0 aromatic heterocycles. The number of carbonyl (C=O) groups excluding carboxylic acids is 2. The summed E-state index contributed by atoms with van der Waals surface area (Å²) in [7, 11) is 1.58. The van der Waals surface area contributed by atoms with Crippen molar-refractivity contribution >= 4 is 17.6 Å². The van der Waals surface area contributed by atoms with Gasteiger partial charge in [0.2, 0.25) is 0 Å². The van der Waals surface area contributed by atoms with E-state index < -0.39 is 5.91 Å². The maximum Gasteiger partial charge on any atom is 0.322 e. The number of nitrogens with one attached hydrogen (secondary N) is 2. The van der Waals surface area contributed by atoms with Crippen molar-refractivity contribution in [3.8, 4) is 11.5 Å². The van der Waals surface area contributed by atoms with E-state index in [4.69, 9.17) is 14.7 Å². The highest BCUT2D eigenvalue weighted by Crippen LogP contribution is 2.27. The Morgan fingerprint density at radius 3 is 2.63 bits per heavy atom. The van der Waals surface area contributed by atoms with Crippen molar-refractivity contribution in [2.24, 2.45) is 0 Å². The minimum atomic E-state index is -0.618. The molecule has 3 rings (SSSR count). The number of hydroxylamine groups is 1. The molecule has 0 radical (unpaired) electrons. The number of methoxy groups -OCH3 is 1. The quantitative estimate of drug-likeness (QED) is 0.569. The molecule has 142 valence electrons. The van der Waals surface area contributed by atoms with Crippen LogP contribution >= 0.6 is 0 Å². The maximum absolute atomic E-state index is 12.7. The SMILES string of the molecule is COc1ccc(NC(=O)N2Cc3ccc(C(=O)NO)cc3O[C@H](C)C2)cc1. The summed E-state index contributed by atoms with van der Waals surface area (Å²) < 4.78 is 11.0. The van der Waals surface area contributed by atoms with Gasteiger partial charge in [0.15, 0.2) is 0 Å². The van der Waals surface area contributed by atoms with E-state index in [1.165, 1.54) is 0 Å². The summed E-state index contributed by atoms with van der Waals surface area (Å²) in [5, 5.41) is 11.6. The van der Waals surface area contributed by atoms with Gasteiger partial charge < -0.3 is 19.7 Å². The van der Waals surface area contributed by atoms with Crippen LogP contribution in [0.3, 0.4) is 0 Å². The van der Waals surface area contributed by atoms with Crippen molar-refractivity contribution in [3.63, 3.8) is 0 Å². The summed E-state index contributed by atoms with van der Waals surface area (Å²) >= 11 is 0. The van der Waals surface area contributed by atoms with Gasteiger partial charge in [-0.05, 0) is 43.3 Å². The van der Waals surface area contributed by atoms with Gasteiger partial charge in [0.25, 0.3) is 5.91 Å². The second kappa shape index (κ2) is 7.96. The predicted molar refractivity (Wildman–Crippen MR) is 98.2 cm³/mol. The van der Waals surface area contributed by atoms with Gasteiger partial charge in [0, 0.05) is 16.8 Å². The van der Waals surface area contributed by atoms with Crippen molar-refractivity contribution in [1.29, 1.82) is 0 Å². The van der Waals surface area contributed by atoms with Crippen LogP contribution in [0.5, 0.6) is 11.5 Å². The fourth-order valence-electron chi connectivity index (χ4n) is 2.87. The molecule has 1 atom stereocenters. The van der Waals surface area contributed by atoms with E-state index in [-0.39, 0.29) is 17.7 Å². The predicted octanol–water partition coefficient (Wildman–Crippen LogP) is 2.63. The maximum atomic E-state index is 12.7. The fourth-order valence-corrected chi connectivity index (χ4v) is 2.87. The van der Waals surface area contributed by atoms with Crippen LogP contribution in [0.2, 0.25) is 0 Å². The minimum absolute atomic E-state index is 0.249. The van der Waals surface area contributed by atoms with E-state index >= 15 is 0 Å². The first-order valence-electron chi connectivity index (χ1n) is 8.44. The zero-order chi connectivity index (χ0) is 19.4. The molecule has 0 fully saturated rings. The highest BCUT2D eigenvalue weighted by atomic mass is 16.5. The van der Waals surface area contributed by atoms with E-state index in [1.807, 2.05) is 6.92 Å². The Morgan fingerprint density at radius 1 is 1.22 bits per heavy atom. The number of anilines is 1. The molecule has 0 unspecified atom stereocenters. The number of ether oxygens (including phenoxy) is 2. The van der Waals surface area contributed by atoms with Crippen molar-refractivity contribution in [3.05, 3.63) is 53.6 Å². The van der Waals surface area contributed by atoms with Crippen molar-refractivity contribution in [2.75, 3.05) is 19.0 Å². The summed E-state index contributed by atoms with van der Waals surface area (Å²) in [6.07, 6.45) is -0.264. The Morgan fingerprint density at radius 2 is 1.96 bits per heavy atom. The lowest BCUT2D eigenvalue weighted by Gasteiger charge is -2.22. The molecule has 1 heterocycles. The van der Waals surface area contributed by atoms with Crippen LogP contribution in [0.4, 0.5) is 10.5 Å². The van der Waals surface area contributed by atoms with Crippen LogP contribution < -0.4 is 20.3 Å².